The van der Waals surface area contributed by atoms with E-state index in [2.05, 4.69) is 15.9 Å². The molecule has 1 aromatic rings. The lowest BCUT2D eigenvalue weighted by Crippen LogP contribution is -2.17. The number of nitro groups is 1. The fourth-order valence-corrected chi connectivity index (χ4v) is 1.87. The summed E-state index contributed by atoms with van der Waals surface area (Å²) in [5, 5.41) is 10.4. The molecule has 7 heteroatoms. The molecule has 102 valence electrons. The summed E-state index contributed by atoms with van der Waals surface area (Å²) in [5.41, 5.74) is 0. The number of carbonyl (C=O) groups excluding carboxylic acids is 1. The normalized spacial score (nSPS) is 20.7. The molecule has 2 atom stereocenters. The van der Waals surface area contributed by atoms with Crippen LogP contribution in [0.1, 0.15) is 6.42 Å². The first kappa shape index (κ1) is 13.8. The number of esters is 1. The van der Waals surface area contributed by atoms with E-state index in [0.29, 0.717) is 5.75 Å². The van der Waals surface area contributed by atoms with Crippen molar-refractivity contribution in [3.63, 3.8) is 0 Å². The molecule has 1 aliphatic carbocycles. The highest BCUT2D eigenvalue weighted by molar-refractivity contribution is 9.10. The minimum absolute atomic E-state index is 0.0931. The van der Waals surface area contributed by atoms with Gasteiger partial charge in [0.25, 0.3) is 0 Å². The Labute approximate surface area is 118 Å². The lowest BCUT2D eigenvalue weighted by atomic mass is 10.3. The number of rotatable bonds is 6. The van der Waals surface area contributed by atoms with Crippen molar-refractivity contribution in [3.05, 3.63) is 38.9 Å². The number of hydrogen-bond acceptors (Lipinski definition) is 5. The van der Waals surface area contributed by atoms with Gasteiger partial charge < -0.3 is 9.47 Å². The minimum atomic E-state index is -0.764. The molecule has 6 nitrogen and oxygen atoms in total. The van der Waals surface area contributed by atoms with Crippen LogP contribution in [-0.2, 0) is 9.53 Å². The van der Waals surface area contributed by atoms with Gasteiger partial charge in [-0.15, -0.1) is 0 Å². The predicted octanol–water partition coefficient (Wildman–Crippen LogP) is 2.04. The molecular formula is C12H12BrNO5. The molecule has 2 unspecified atom stereocenters. The third-order valence-corrected chi connectivity index (χ3v) is 3.27. The second kappa shape index (κ2) is 6.01. The van der Waals surface area contributed by atoms with Crippen molar-refractivity contribution in [2.75, 3.05) is 13.2 Å². The van der Waals surface area contributed by atoms with E-state index in [4.69, 9.17) is 9.47 Å². The van der Waals surface area contributed by atoms with Gasteiger partial charge in [0.05, 0.1) is 0 Å². The summed E-state index contributed by atoms with van der Waals surface area (Å²) in [6, 6.07) is 6.49. The Kier molecular flexibility index (Phi) is 4.36. The van der Waals surface area contributed by atoms with E-state index in [1.165, 1.54) is 0 Å². The summed E-state index contributed by atoms with van der Waals surface area (Å²) in [4.78, 5) is 21.3. The van der Waals surface area contributed by atoms with Crippen LogP contribution in [0, 0.1) is 16.0 Å². The summed E-state index contributed by atoms with van der Waals surface area (Å²) < 4.78 is 11.2. The van der Waals surface area contributed by atoms with Crippen molar-refractivity contribution in [1.82, 2.24) is 0 Å². The summed E-state index contributed by atoms with van der Waals surface area (Å²) in [6.07, 6.45) is 0.277. The Morgan fingerprint density at radius 1 is 1.37 bits per heavy atom. The fraction of sp³-hybridized carbons (Fsp3) is 0.417. The van der Waals surface area contributed by atoms with E-state index in [0.717, 1.165) is 4.47 Å². The predicted molar refractivity (Wildman–Crippen MR) is 69.5 cm³/mol. The van der Waals surface area contributed by atoms with Crippen LogP contribution in [0.4, 0.5) is 0 Å². The molecule has 1 saturated carbocycles. The fourth-order valence-electron chi connectivity index (χ4n) is 1.61. The Bertz CT molecular complexity index is 476. The number of benzene rings is 1. The van der Waals surface area contributed by atoms with Crippen LogP contribution >= 0.6 is 15.9 Å². The van der Waals surface area contributed by atoms with E-state index in [1.807, 2.05) is 12.1 Å². The molecule has 0 aromatic heterocycles. The zero-order valence-corrected chi connectivity index (χ0v) is 11.5. The summed E-state index contributed by atoms with van der Waals surface area (Å²) in [5.74, 6) is -0.419. The Morgan fingerprint density at radius 2 is 2.05 bits per heavy atom. The van der Waals surface area contributed by atoms with Gasteiger partial charge in [0.15, 0.2) is 0 Å². The first-order valence-electron chi connectivity index (χ1n) is 5.76. The topological polar surface area (TPSA) is 78.7 Å². The van der Waals surface area contributed by atoms with Gasteiger partial charge in [-0.05, 0) is 24.3 Å². The standard InChI is InChI=1S/C12H12BrNO5/c13-8-1-3-9(4-2-8)18-5-6-19-12(15)10-7-11(10)14(16)17/h1-4,10-11H,5-7H2. The van der Waals surface area contributed by atoms with Crippen LogP contribution in [0.25, 0.3) is 0 Å². The van der Waals surface area contributed by atoms with Gasteiger partial charge in [0.1, 0.15) is 24.9 Å². The molecular weight excluding hydrogens is 318 g/mol. The average Bonchev–Trinajstić information content (AvgIpc) is 3.17. The smallest absolute Gasteiger partial charge is 0.316 e. The molecule has 0 bridgehead atoms. The SMILES string of the molecule is O=C(OCCOc1ccc(Br)cc1)C1CC1[N+](=O)[O-]. The van der Waals surface area contributed by atoms with Crippen LogP contribution in [0.15, 0.2) is 28.7 Å². The molecule has 2 rings (SSSR count). The Morgan fingerprint density at radius 3 is 2.63 bits per heavy atom. The summed E-state index contributed by atoms with van der Waals surface area (Å²) in [7, 11) is 0. The monoisotopic (exact) mass is 329 g/mol. The van der Waals surface area contributed by atoms with Crippen LogP contribution in [0.5, 0.6) is 5.75 Å². The van der Waals surface area contributed by atoms with Gasteiger partial charge in [-0.3, -0.25) is 14.9 Å². The largest absolute Gasteiger partial charge is 0.490 e. The Balaban J connectivity index is 1.63. The minimum Gasteiger partial charge on any atom is -0.490 e. The zero-order valence-electron chi connectivity index (χ0n) is 9.95. The highest BCUT2D eigenvalue weighted by atomic mass is 79.9. The van der Waals surface area contributed by atoms with Gasteiger partial charge in [0.2, 0.25) is 6.04 Å². The van der Waals surface area contributed by atoms with Gasteiger partial charge in [0, 0.05) is 15.8 Å². The molecule has 0 saturated heterocycles. The van der Waals surface area contributed by atoms with Crippen LogP contribution in [-0.4, -0.2) is 30.1 Å². The molecule has 0 spiro atoms. The van der Waals surface area contributed by atoms with Crippen LogP contribution < -0.4 is 4.74 Å². The first-order valence-corrected chi connectivity index (χ1v) is 6.55. The van der Waals surface area contributed by atoms with E-state index in [9.17, 15) is 14.9 Å². The molecule has 19 heavy (non-hydrogen) atoms. The lowest BCUT2D eigenvalue weighted by molar-refractivity contribution is -0.497. The van der Waals surface area contributed by atoms with Gasteiger partial charge in [-0.25, -0.2) is 0 Å². The van der Waals surface area contributed by atoms with Crippen molar-refractivity contribution in [2.24, 2.45) is 5.92 Å². The number of carbonyl (C=O) groups is 1. The molecule has 1 fully saturated rings. The molecule has 0 N–H and O–H groups in total. The third-order valence-electron chi connectivity index (χ3n) is 2.74. The number of ether oxygens (including phenoxy) is 2. The van der Waals surface area contributed by atoms with Crippen molar-refractivity contribution < 1.29 is 19.2 Å². The van der Waals surface area contributed by atoms with Crippen molar-refractivity contribution in [2.45, 2.75) is 12.5 Å². The van der Waals surface area contributed by atoms with E-state index < -0.39 is 22.9 Å². The summed E-state index contributed by atoms with van der Waals surface area (Å²) >= 11 is 3.31. The number of halogens is 1. The number of nitrogens with zero attached hydrogens (tertiary/aromatic N) is 1. The van der Waals surface area contributed by atoms with Crippen molar-refractivity contribution in [3.8, 4) is 5.75 Å². The van der Waals surface area contributed by atoms with Gasteiger partial charge >= 0.3 is 5.97 Å². The first-order chi connectivity index (χ1) is 9.08. The maximum Gasteiger partial charge on any atom is 0.316 e. The van der Waals surface area contributed by atoms with Crippen LogP contribution in [0.3, 0.4) is 0 Å². The maximum absolute atomic E-state index is 11.4. The molecule has 1 aliphatic rings. The van der Waals surface area contributed by atoms with E-state index in [1.54, 1.807) is 12.1 Å². The number of hydrogen-bond donors (Lipinski definition) is 0. The quantitative estimate of drug-likeness (QED) is 0.345. The molecule has 0 amide bonds. The molecule has 0 aliphatic heterocycles. The molecule has 0 heterocycles. The highest BCUT2D eigenvalue weighted by Gasteiger charge is 2.54. The zero-order chi connectivity index (χ0) is 13.8. The maximum atomic E-state index is 11.4. The highest BCUT2D eigenvalue weighted by Crippen LogP contribution is 2.33. The van der Waals surface area contributed by atoms with Crippen molar-refractivity contribution in [1.29, 1.82) is 0 Å². The third kappa shape index (κ3) is 3.92. The summed E-state index contributed by atoms with van der Waals surface area (Å²) in [6.45, 7) is 0.319. The lowest BCUT2D eigenvalue weighted by Gasteiger charge is -2.06. The van der Waals surface area contributed by atoms with E-state index >= 15 is 0 Å². The Hall–Kier alpha value is -1.63. The second-order valence-corrected chi connectivity index (χ2v) is 5.08. The molecule has 1 aromatic carbocycles. The van der Waals surface area contributed by atoms with Crippen LogP contribution in [0.2, 0.25) is 0 Å². The van der Waals surface area contributed by atoms with Crippen molar-refractivity contribution >= 4 is 21.9 Å². The van der Waals surface area contributed by atoms with Gasteiger partial charge in [-0.1, -0.05) is 15.9 Å². The average molecular weight is 330 g/mol. The van der Waals surface area contributed by atoms with E-state index in [-0.39, 0.29) is 19.6 Å². The molecule has 0 radical (unpaired) electrons. The second-order valence-electron chi connectivity index (χ2n) is 4.16. The van der Waals surface area contributed by atoms with Gasteiger partial charge in [-0.2, -0.15) is 0 Å².